The molecule has 0 amide bonds. The Labute approximate surface area is 113 Å². The lowest BCUT2D eigenvalue weighted by Crippen LogP contribution is -2.31. The fourth-order valence-corrected chi connectivity index (χ4v) is 1.94. The van der Waals surface area contributed by atoms with Crippen molar-refractivity contribution in [3.05, 3.63) is 28.1 Å². The molecule has 1 aromatic rings. The Kier molecular flexibility index (Phi) is 3.73. The minimum absolute atomic E-state index is 0.0625. The third-order valence-electron chi connectivity index (χ3n) is 3.14. The lowest BCUT2D eigenvalue weighted by molar-refractivity contribution is -0.384. The van der Waals surface area contributed by atoms with Crippen LogP contribution in [0.2, 0.25) is 0 Å². The molecule has 1 fully saturated rings. The maximum absolute atomic E-state index is 13.5. The first-order valence-corrected chi connectivity index (χ1v) is 5.95. The maximum atomic E-state index is 13.5. The van der Waals surface area contributed by atoms with E-state index in [0.717, 1.165) is 18.9 Å². The Bertz CT molecular complexity index is 559. The molecule has 1 aliphatic carbocycles. The summed E-state index contributed by atoms with van der Waals surface area (Å²) in [6, 6.07) is 0.891. The molecule has 1 unspecified atom stereocenters. The zero-order valence-corrected chi connectivity index (χ0v) is 10.6. The smallest absolute Gasteiger partial charge is 0.326 e. The first kappa shape index (κ1) is 14.0. The number of hydrogen-bond donors (Lipinski definition) is 2. The second-order valence-corrected chi connectivity index (χ2v) is 4.56. The second kappa shape index (κ2) is 5.32. The molecule has 1 aromatic carbocycles. The highest BCUT2D eigenvalue weighted by Crippen LogP contribution is 2.37. The van der Waals surface area contributed by atoms with Crippen LogP contribution in [0.4, 0.5) is 15.8 Å². The number of nitrogens with zero attached hydrogens (tertiary/aromatic N) is 1. The van der Waals surface area contributed by atoms with E-state index < -0.39 is 28.4 Å². The molecule has 2 rings (SSSR count). The maximum Gasteiger partial charge on any atom is 0.326 e. The standard InChI is InChI=1S/C12H13FN2O5/c1-20-10-5-8(9(15(18)19)4-7(10)13)14-11(12(16)17)6-2-3-6/h4-6,11,14H,2-3H2,1H3,(H,16,17). The normalized spacial score (nSPS) is 15.5. The van der Waals surface area contributed by atoms with E-state index in [4.69, 9.17) is 9.84 Å². The molecule has 1 atom stereocenters. The lowest BCUT2D eigenvalue weighted by Gasteiger charge is -2.15. The van der Waals surface area contributed by atoms with Gasteiger partial charge in [0.25, 0.3) is 5.69 Å². The largest absolute Gasteiger partial charge is 0.494 e. The van der Waals surface area contributed by atoms with Crippen LogP contribution < -0.4 is 10.1 Å². The third kappa shape index (κ3) is 2.79. The van der Waals surface area contributed by atoms with Gasteiger partial charge in [-0.2, -0.15) is 0 Å². The van der Waals surface area contributed by atoms with Crippen molar-refractivity contribution in [1.82, 2.24) is 0 Å². The van der Waals surface area contributed by atoms with E-state index in [-0.39, 0.29) is 17.4 Å². The van der Waals surface area contributed by atoms with Gasteiger partial charge in [-0.25, -0.2) is 9.18 Å². The number of nitro groups is 1. The zero-order valence-electron chi connectivity index (χ0n) is 10.6. The quantitative estimate of drug-likeness (QED) is 0.612. The first-order valence-electron chi connectivity index (χ1n) is 5.95. The molecule has 8 heteroatoms. The summed E-state index contributed by atoms with van der Waals surface area (Å²) in [6.07, 6.45) is 1.49. The number of hydrogen-bond acceptors (Lipinski definition) is 5. The molecule has 20 heavy (non-hydrogen) atoms. The van der Waals surface area contributed by atoms with Crippen molar-refractivity contribution in [3.63, 3.8) is 0 Å². The number of halogens is 1. The summed E-state index contributed by atoms with van der Waals surface area (Å²) in [5.74, 6) is -2.21. The van der Waals surface area contributed by atoms with Crippen molar-refractivity contribution < 1.29 is 24.0 Å². The molecule has 0 heterocycles. The van der Waals surface area contributed by atoms with E-state index in [1.807, 2.05) is 0 Å². The lowest BCUT2D eigenvalue weighted by atomic mass is 10.1. The number of ether oxygens (including phenoxy) is 1. The minimum atomic E-state index is -1.09. The molecule has 0 bridgehead atoms. The number of carbonyl (C=O) groups is 1. The number of carboxylic acid groups (broad SMARTS) is 1. The van der Waals surface area contributed by atoms with Gasteiger partial charge < -0.3 is 15.2 Å². The average molecular weight is 284 g/mol. The molecule has 0 aliphatic heterocycles. The molecular formula is C12H13FN2O5. The van der Waals surface area contributed by atoms with Crippen LogP contribution in [0.3, 0.4) is 0 Å². The Hall–Kier alpha value is -2.38. The molecule has 1 aliphatic rings. The molecule has 7 nitrogen and oxygen atoms in total. The van der Waals surface area contributed by atoms with Crippen LogP contribution in [-0.2, 0) is 4.79 Å². The molecular weight excluding hydrogens is 271 g/mol. The Morgan fingerprint density at radius 1 is 1.60 bits per heavy atom. The van der Waals surface area contributed by atoms with Crippen LogP contribution in [0.15, 0.2) is 12.1 Å². The molecule has 0 radical (unpaired) electrons. The number of carboxylic acids is 1. The van der Waals surface area contributed by atoms with Crippen LogP contribution in [0.25, 0.3) is 0 Å². The van der Waals surface area contributed by atoms with Crippen LogP contribution in [0.1, 0.15) is 12.8 Å². The molecule has 1 saturated carbocycles. The molecule has 108 valence electrons. The number of methoxy groups -OCH3 is 1. The average Bonchev–Trinajstić information content (AvgIpc) is 3.20. The highest BCUT2D eigenvalue weighted by molar-refractivity contribution is 5.80. The summed E-state index contributed by atoms with van der Waals surface area (Å²) in [5.41, 5.74) is -0.581. The van der Waals surface area contributed by atoms with E-state index in [2.05, 4.69) is 5.32 Å². The third-order valence-corrected chi connectivity index (χ3v) is 3.14. The summed E-state index contributed by atoms with van der Waals surface area (Å²) in [7, 11) is 1.23. The van der Waals surface area contributed by atoms with Crippen molar-refractivity contribution in [2.24, 2.45) is 5.92 Å². The highest BCUT2D eigenvalue weighted by Gasteiger charge is 2.37. The van der Waals surface area contributed by atoms with Crippen LogP contribution in [-0.4, -0.2) is 29.2 Å². The summed E-state index contributed by atoms with van der Waals surface area (Å²) < 4.78 is 18.2. The van der Waals surface area contributed by atoms with E-state index in [1.165, 1.54) is 7.11 Å². The van der Waals surface area contributed by atoms with Crippen molar-refractivity contribution in [2.75, 3.05) is 12.4 Å². The van der Waals surface area contributed by atoms with Crippen LogP contribution >= 0.6 is 0 Å². The van der Waals surface area contributed by atoms with Gasteiger partial charge >= 0.3 is 5.97 Å². The summed E-state index contributed by atoms with van der Waals surface area (Å²) >= 11 is 0. The highest BCUT2D eigenvalue weighted by atomic mass is 19.1. The predicted octanol–water partition coefficient (Wildman–Crippen LogP) is 2.02. The van der Waals surface area contributed by atoms with E-state index in [1.54, 1.807) is 0 Å². The number of nitrogens with one attached hydrogen (secondary N) is 1. The summed E-state index contributed by atoms with van der Waals surface area (Å²) in [5, 5.41) is 22.6. The fraction of sp³-hybridized carbons (Fsp3) is 0.417. The van der Waals surface area contributed by atoms with Gasteiger partial charge in [0.2, 0.25) is 0 Å². The Morgan fingerprint density at radius 3 is 2.70 bits per heavy atom. The van der Waals surface area contributed by atoms with Gasteiger partial charge in [-0.1, -0.05) is 0 Å². The molecule has 0 aromatic heterocycles. The SMILES string of the molecule is COc1cc(NC(C(=O)O)C2CC2)c([N+](=O)[O-])cc1F. The van der Waals surface area contributed by atoms with Crippen molar-refractivity contribution in [1.29, 1.82) is 0 Å². The number of aliphatic carboxylic acids is 1. The Morgan fingerprint density at radius 2 is 2.25 bits per heavy atom. The van der Waals surface area contributed by atoms with Gasteiger partial charge in [0.1, 0.15) is 11.7 Å². The van der Waals surface area contributed by atoms with Gasteiger partial charge in [-0.15, -0.1) is 0 Å². The number of anilines is 1. The molecule has 0 saturated heterocycles. The number of benzene rings is 1. The van der Waals surface area contributed by atoms with Gasteiger partial charge in [0.05, 0.1) is 18.1 Å². The fourth-order valence-electron chi connectivity index (χ4n) is 1.94. The van der Waals surface area contributed by atoms with Crippen molar-refractivity contribution in [2.45, 2.75) is 18.9 Å². The topological polar surface area (TPSA) is 102 Å². The van der Waals surface area contributed by atoms with E-state index >= 15 is 0 Å². The van der Waals surface area contributed by atoms with Gasteiger partial charge in [0.15, 0.2) is 11.6 Å². The van der Waals surface area contributed by atoms with E-state index in [9.17, 15) is 19.3 Å². The van der Waals surface area contributed by atoms with Crippen LogP contribution in [0.5, 0.6) is 5.75 Å². The van der Waals surface area contributed by atoms with Gasteiger partial charge in [0, 0.05) is 6.07 Å². The predicted molar refractivity (Wildman–Crippen MR) is 67.4 cm³/mol. The number of nitro benzene ring substituents is 1. The monoisotopic (exact) mass is 284 g/mol. The second-order valence-electron chi connectivity index (χ2n) is 4.56. The minimum Gasteiger partial charge on any atom is -0.494 e. The van der Waals surface area contributed by atoms with Crippen LogP contribution in [0, 0.1) is 21.8 Å². The molecule has 2 N–H and O–H groups in total. The van der Waals surface area contributed by atoms with Crippen molar-refractivity contribution in [3.8, 4) is 5.75 Å². The zero-order chi connectivity index (χ0) is 14.9. The first-order chi connectivity index (χ1) is 9.43. The van der Waals surface area contributed by atoms with E-state index in [0.29, 0.717) is 6.07 Å². The summed E-state index contributed by atoms with van der Waals surface area (Å²) in [6.45, 7) is 0. The Balaban J connectivity index is 2.37. The van der Waals surface area contributed by atoms with Gasteiger partial charge in [-0.3, -0.25) is 10.1 Å². The summed E-state index contributed by atoms with van der Waals surface area (Å²) in [4.78, 5) is 21.3. The molecule has 0 spiro atoms. The number of rotatable bonds is 6. The van der Waals surface area contributed by atoms with Crippen molar-refractivity contribution >= 4 is 17.3 Å². The van der Waals surface area contributed by atoms with Gasteiger partial charge in [-0.05, 0) is 18.8 Å².